The monoisotopic (exact) mass is 225 g/mol. The highest BCUT2D eigenvalue weighted by molar-refractivity contribution is 6.33. The maximum absolute atomic E-state index is 6.12. The lowest BCUT2D eigenvalue weighted by atomic mass is 9.98. The largest absolute Gasteiger partial charge is 0.367 e. The summed E-state index contributed by atoms with van der Waals surface area (Å²) in [6, 6.07) is 2.75. The maximum atomic E-state index is 6.12. The lowest BCUT2D eigenvalue weighted by Gasteiger charge is -2.38. The van der Waals surface area contributed by atoms with Gasteiger partial charge in [0, 0.05) is 31.0 Å². The van der Waals surface area contributed by atoms with E-state index in [1.54, 1.807) is 12.4 Å². The quantitative estimate of drug-likeness (QED) is 0.796. The van der Waals surface area contributed by atoms with Gasteiger partial charge >= 0.3 is 0 Å². The summed E-state index contributed by atoms with van der Waals surface area (Å²) in [5, 5.41) is 0.722. The fourth-order valence-electron chi connectivity index (χ4n) is 2.17. The molecule has 0 aliphatic carbocycles. The first kappa shape index (κ1) is 10.7. The molecule has 0 saturated carbocycles. The number of nitrogens with zero attached hydrogens (tertiary/aromatic N) is 2. The molecule has 1 aromatic heterocycles. The standard InChI is InChI=1S/C11H16ClN3/c1-8-6-9(13)3-5-15(8)11-2-4-14-7-10(11)12/h2,4,7-9H,3,5-6,13H2,1H3. The number of piperidine rings is 1. The molecule has 2 rings (SSSR count). The molecule has 0 amide bonds. The molecule has 0 spiro atoms. The van der Waals surface area contributed by atoms with Gasteiger partial charge in [0.1, 0.15) is 0 Å². The molecule has 3 nitrogen and oxygen atoms in total. The summed E-state index contributed by atoms with van der Waals surface area (Å²) in [6.45, 7) is 3.17. The molecule has 1 aliphatic rings. The normalized spacial score (nSPS) is 26.7. The van der Waals surface area contributed by atoms with Gasteiger partial charge in [0.15, 0.2) is 0 Å². The number of nitrogens with two attached hydrogens (primary N) is 1. The highest BCUT2D eigenvalue weighted by Gasteiger charge is 2.24. The fraction of sp³-hybridized carbons (Fsp3) is 0.545. The van der Waals surface area contributed by atoms with Gasteiger partial charge in [-0.15, -0.1) is 0 Å². The molecule has 2 N–H and O–H groups in total. The summed E-state index contributed by atoms with van der Waals surface area (Å²) in [6.07, 6.45) is 5.53. The van der Waals surface area contributed by atoms with Crippen LogP contribution in [0.15, 0.2) is 18.5 Å². The third-order valence-corrected chi connectivity index (χ3v) is 3.27. The molecule has 2 heterocycles. The third-order valence-electron chi connectivity index (χ3n) is 2.98. The Morgan fingerprint density at radius 3 is 3.07 bits per heavy atom. The second-order valence-electron chi connectivity index (χ2n) is 4.15. The van der Waals surface area contributed by atoms with Crippen molar-refractivity contribution in [1.82, 2.24) is 4.98 Å². The lowest BCUT2D eigenvalue weighted by molar-refractivity contribution is 0.430. The van der Waals surface area contributed by atoms with E-state index in [0.29, 0.717) is 12.1 Å². The number of rotatable bonds is 1. The molecule has 15 heavy (non-hydrogen) atoms. The summed E-state index contributed by atoms with van der Waals surface area (Å²) in [5.74, 6) is 0. The molecule has 2 unspecified atom stereocenters. The third kappa shape index (κ3) is 2.24. The first-order valence-corrected chi connectivity index (χ1v) is 5.68. The van der Waals surface area contributed by atoms with Crippen LogP contribution in [0.25, 0.3) is 0 Å². The molecular formula is C11H16ClN3. The predicted octanol–water partition coefficient (Wildman–Crippen LogP) is 2.05. The summed E-state index contributed by atoms with van der Waals surface area (Å²) >= 11 is 6.12. The summed E-state index contributed by atoms with van der Waals surface area (Å²) in [4.78, 5) is 6.31. The minimum Gasteiger partial charge on any atom is -0.367 e. The van der Waals surface area contributed by atoms with Gasteiger partial charge < -0.3 is 10.6 Å². The van der Waals surface area contributed by atoms with E-state index in [9.17, 15) is 0 Å². The molecule has 0 aromatic carbocycles. The number of halogens is 1. The van der Waals surface area contributed by atoms with E-state index in [-0.39, 0.29) is 0 Å². The summed E-state index contributed by atoms with van der Waals surface area (Å²) in [5.41, 5.74) is 7.01. The van der Waals surface area contributed by atoms with Crippen LogP contribution in [-0.4, -0.2) is 23.6 Å². The Bertz CT molecular complexity index is 342. The van der Waals surface area contributed by atoms with E-state index in [1.807, 2.05) is 6.07 Å². The van der Waals surface area contributed by atoms with Crippen LogP contribution >= 0.6 is 11.6 Å². The van der Waals surface area contributed by atoms with Crippen LogP contribution in [-0.2, 0) is 0 Å². The predicted molar refractivity (Wildman–Crippen MR) is 63.3 cm³/mol. The molecular weight excluding hydrogens is 210 g/mol. The van der Waals surface area contributed by atoms with Gasteiger partial charge in [-0.25, -0.2) is 0 Å². The number of anilines is 1. The van der Waals surface area contributed by atoms with Gasteiger partial charge in [0.05, 0.1) is 10.7 Å². The minimum absolute atomic E-state index is 0.330. The zero-order valence-electron chi connectivity index (χ0n) is 8.86. The Balaban J connectivity index is 2.20. The molecule has 2 atom stereocenters. The second kappa shape index (κ2) is 4.37. The Kier molecular flexibility index (Phi) is 3.12. The van der Waals surface area contributed by atoms with Crippen molar-refractivity contribution in [3.63, 3.8) is 0 Å². The lowest BCUT2D eigenvalue weighted by Crippen LogP contribution is -2.45. The van der Waals surface area contributed by atoms with Gasteiger partial charge in [-0.2, -0.15) is 0 Å². The average molecular weight is 226 g/mol. The van der Waals surface area contributed by atoms with Crippen molar-refractivity contribution >= 4 is 17.3 Å². The fourth-order valence-corrected chi connectivity index (χ4v) is 2.40. The van der Waals surface area contributed by atoms with Crippen molar-refractivity contribution in [3.8, 4) is 0 Å². The van der Waals surface area contributed by atoms with Crippen LogP contribution in [0.1, 0.15) is 19.8 Å². The van der Waals surface area contributed by atoms with E-state index in [1.165, 1.54) is 0 Å². The topological polar surface area (TPSA) is 42.1 Å². The zero-order valence-corrected chi connectivity index (χ0v) is 9.61. The van der Waals surface area contributed by atoms with Crippen LogP contribution in [0.3, 0.4) is 0 Å². The first-order chi connectivity index (χ1) is 7.18. The SMILES string of the molecule is CC1CC(N)CCN1c1ccncc1Cl. The molecule has 0 bridgehead atoms. The van der Waals surface area contributed by atoms with Gasteiger partial charge in [0.2, 0.25) is 0 Å². The number of aromatic nitrogens is 1. The van der Waals surface area contributed by atoms with Crippen LogP contribution in [0, 0.1) is 0 Å². The second-order valence-corrected chi connectivity index (χ2v) is 4.56. The molecule has 1 aliphatic heterocycles. The van der Waals surface area contributed by atoms with Gasteiger partial charge in [-0.05, 0) is 25.8 Å². The molecule has 4 heteroatoms. The molecule has 1 saturated heterocycles. The van der Waals surface area contributed by atoms with Crippen molar-refractivity contribution in [1.29, 1.82) is 0 Å². The van der Waals surface area contributed by atoms with E-state index >= 15 is 0 Å². The van der Waals surface area contributed by atoms with E-state index in [4.69, 9.17) is 17.3 Å². The van der Waals surface area contributed by atoms with Gasteiger partial charge in [0.25, 0.3) is 0 Å². The Morgan fingerprint density at radius 1 is 1.60 bits per heavy atom. The average Bonchev–Trinajstić information content (AvgIpc) is 2.20. The van der Waals surface area contributed by atoms with Crippen molar-refractivity contribution < 1.29 is 0 Å². The molecule has 1 fully saturated rings. The molecule has 0 radical (unpaired) electrons. The molecule has 1 aromatic rings. The summed E-state index contributed by atoms with van der Waals surface area (Å²) < 4.78 is 0. The van der Waals surface area contributed by atoms with Crippen LogP contribution in [0.2, 0.25) is 5.02 Å². The van der Waals surface area contributed by atoms with Crippen molar-refractivity contribution in [2.75, 3.05) is 11.4 Å². The Labute approximate surface area is 95.2 Å². The van der Waals surface area contributed by atoms with Crippen molar-refractivity contribution in [3.05, 3.63) is 23.5 Å². The van der Waals surface area contributed by atoms with Crippen molar-refractivity contribution in [2.24, 2.45) is 5.73 Å². The van der Waals surface area contributed by atoms with Crippen LogP contribution in [0.5, 0.6) is 0 Å². The number of hydrogen-bond donors (Lipinski definition) is 1. The number of hydrogen-bond acceptors (Lipinski definition) is 3. The van der Waals surface area contributed by atoms with E-state index in [0.717, 1.165) is 30.1 Å². The van der Waals surface area contributed by atoms with Gasteiger partial charge in [-0.3, -0.25) is 4.98 Å². The van der Waals surface area contributed by atoms with Crippen LogP contribution < -0.4 is 10.6 Å². The number of pyridine rings is 1. The van der Waals surface area contributed by atoms with Crippen LogP contribution in [0.4, 0.5) is 5.69 Å². The van der Waals surface area contributed by atoms with Gasteiger partial charge in [-0.1, -0.05) is 11.6 Å². The Morgan fingerprint density at radius 2 is 2.40 bits per heavy atom. The minimum atomic E-state index is 0.330. The van der Waals surface area contributed by atoms with Crippen molar-refractivity contribution in [2.45, 2.75) is 31.8 Å². The van der Waals surface area contributed by atoms with E-state index < -0.39 is 0 Å². The highest BCUT2D eigenvalue weighted by Crippen LogP contribution is 2.29. The first-order valence-electron chi connectivity index (χ1n) is 5.30. The maximum Gasteiger partial charge on any atom is 0.0822 e. The highest BCUT2D eigenvalue weighted by atomic mass is 35.5. The zero-order chi connectivity index (χ0) is 10.8. The van der Waals surface area contributed by atoms with E-state index in [2.05, 4.69) is 16.8 Å². The molecule has 82 valence electrons. The Hall–Kier alpha value is -0.800. The summed E-state index contributed by atoms with van der Waals surface area (Å²) in [7, 11) is 0. The smallest absolute Gasteiger partial charge is 0.0822 e.